The number of hydrogen-bond donors (Lipinski definition) is 2. The van der Waals surface area contributed by atoms with Crippen LogP contribution in [0, 0.1) is 0 Å². The van der Waals surface area contributed by atoms with Crippen molar-refractivity contribution in [1.82, 2.24) is 0 Å². The van der Waals surface area contributed by atoms with Gasteiger partial charge in [0, 0.05) is 23.8 Å². The number of carbonyl (C=O) groups is 1. The van der Waals surface area contributed by atoms with E-state index >= 15 is 0 Å². The lowest BCUT2D eigenvalue weighted by Gasteiger charge is -2.27. The number of hydrogen-bond acceptors (Lipinski definition) is 6. The summed E-state index contributed by atoms with van der Waals surface area (Å²) in [5, 5.41) is 20.6. The van der Waals surface area contributed by atoms with Gasteiger partial charge < -0.3 is 24.4 Å². The van der Waals surface area contributed by atoms with E-state index in [1.165, 1.54) is 26.4 Å². The van der Waals surface area contributed by atoms with E-state index in [1.54, 1.807) is 12.1 Å². The van der Waals surface area contributed by atoms with Crippen LogP contribution < -0.4 is 14.2 Å². The zero-order chi connectivity index (χ0) is 20.4. The summed E-state index contributed by atoms with van der Waals surface area (Å²) in [6.45, 7) is 4.06. The number of benzene rings is 2. The van der Waals surface area contributed by atoms with Crippen molar-refractivity contribution in [3.8, 4) is 28.7 Å². The van der Waals surface area contributed by atoms with Crippen molar-refractivity contribution in [1.29, 1.82) is 0 Å². The van der Waals surface area contributed by atoms with Gasteiger partial charge in [-0.25, -0.2) is 0 Å². The van der Waals surface area contributed by atoms with Gasteiger partial charge in [0.05, 0.1) is 20.1 Å². The molecule has 0 spiro atoms. The van der Waals surface area contributed by atoms with Crippen LogP contribution in [0.2, 0.25) is 0 Å². The second kappa shape index (κ2) is 7.84. The molecule has 2 N–H and O–H groups in total. The third-order valence-electron chi connectivity index (χ3n) is 4.80. The third-order valence-corrected chi connectivity index (χ3v) is 4.80. The van der Waals surface area contributed by atoms with Crippen LogP contribution >= 0.6 is 0 Å². The number of Topliss-reactive ketones (excluding diaryl/α,β-unsaturated/α-hetero) is 1. The van der Waals surface area contributed by atoms with Gasteiger partial charge in [-0.1, -0.05) is 11.6 Å². The fourth-order valence-electron chi connectivity index (χ4n) is 3.27. The molecule has 0 bridgehead atoms. The molecule has 148 valence electrons. The van der Waals surface area contributed by atoms with Gasteiger partial charge in [0.2, 0.25) is 0 Å². The quantitative estimate of drug-likeness (QED) is 0.759. The van der Waals surface area contributed by atoms with E-state index < -0.39 is 5.92 Å². The molecule has 2 aromatic carbocycles. The zero-order valence-corrected chi connectivity index (χ0v) is 16.4. The summed E-state index contributed by atoms with van der Waals surface area (Å²) in [5.41, 5.74) is 2.55. The highest BCUT2D eigenvalue weighted by Gasteiger charge is 2.35. The molecule has 0 amide bonds. The first-order valence-electron chi connectivity index (χ1n) is 8.96. The maximum atomic E-state index is 13.2. The van der Waals surface area contributed by atoms with Crippen molar-refractivity contribution in [2.75, 3.05) is 20.8 Å². The monoisotopic (exact) mass is 384 g/mol. The smallest absolute Gasteiger partial charge is 0.181 e. The molecule has 1 atom stereocenters. The normalized spacial score (nSPS) is 15.4. The number of ketones is 1. The third kappa shape index (κ3) is 3.63. The van der Waals surface area contributed by atoms with E-state index in [2.05, 4.69) is 0 Å². The molecule has 0 saturated carbocycles. The van der Waals surface area contributed by atoms with Crippen molar-refractivity contribution in [3.05, 3.63) is 52.6 Å². The Balaban J connectivity index is 2.05. The summed E-state index contributed by atoms with van der Waals surface area (Å²) in [6.07, 6.45) is 2.53. The van der Waals surface area contributed by atoms with E-state index in [0.29, 0.717) is 34.8 Å². The molecule has 28 heavy (non-hydrogen) atoms. The summed E-state index contributed by atoms with van der Waals surface area (Å²) in [5.74, 6) is 0.0966. The van der Waals surface area contributed by atoms with Crippen LogP contribution in [0.3, 0.4) is 0 Å². The number of phenolic OH excluding ortho intramolecular Hbond substituents is 2. The molecule has 0 radical (unpaired) electrons. The number of aromatic hydroxyl groups is 2. The Morgan fingerprint density at radius 3 is 2.54 bits per heavy atom. The largest absolute Gasteiger partial charge is 0.508 e. The van der Waals surface area contributed by atoms with Crippen molar-refractivity contribution in [2.45, 2.75) is 26.2 Å². The first-order valence-corrected chi connectivity index (χ1v) is 8.96. The van der Waals surface area contributed by atoms with Gasteiger partial charge in [-0.3, -0.25) is 4.79 Å². The average Bonchev–Trinajstić information content (AvgIpc) is 2.66. The van der Waals surface area contributed by atoms with Crippen LogP contribution in [-0.4, -0.2) is 36.8 Å². The highest BCUT2D eigenvalue weighted by atomic mass is 16.5. The molecule has 2 aromatic rings. The minimum absolute atomic E-state index is 0.0989. The molecule has 1 aliphatic heterocycles. The number of fused-ring (bicyclic) bond motifs is 1. The van der Waals surface area contributed by atoms with Crippen molar-refractivity contribution in [3.63, 3.8) is 0 Å². The van der Waals surface area contributed by atoms with Crippen LogP contribution in [0.1, 0.15) is 41.3 Å². The summed E-state index contributed by atoms with van der Waals surface area (Å²) in [4.78, 5) is 13.2. The Hall–Kier alpha value is -3.15. The molecule has 0 fully saturated rings. The second-order valence-corrected chi connectivity index (χ2v) is 6.96. The van der Waals surface area contributed by atoms with Crippen LogP contribution in [0.25, 0.3) is 0 Å². The molecule has 0 aromatic heterocycles. The molecule has 3 rings (SSSR count). The topological polar surface area (TPSA) is 85.2 Å². The van der Waals surface area contributed by atoms with Crippen LogP contribution in [-0.2, 0) is 6.42 Å². The minimum Gasteiger partial charge on any atom is -0.508 e. The van der Waals surface area contributed by atoms with E-state index in [-0.39, 0.29) is 29.5 Å². The van der Waals surface area contributed by atoms with Crippen molar-refractivity contribution in [2.24, 2.45) is 0 Å². The zero-order valence-electron chi connectivity index (χ0n) is 16.4. The Morgan fingerprint density at radius 2 is 1.89 bits per heavy atom. The van der Waals surface area contributed by atoms with Gasteiger partial charge >= 0.3 is 0 Å². The highest BCUT2D eigenvalue weighted by molar-refractivity contribution is 6.07. The Bertz CT molecular complexity index is 941. The predicted molar refractivity (Wildman–Crippen MR) is 105 cm³/mol. The summed E-state index contributed by atoms with van der Waals surface area (Å²) < 4.78 is 16.3. The lowest BCUT2D eigenvalue weighted by atomic mass is 9.86. The van der Waals surface area contributed by atoms with Crippen molar-refractivity contribution >= 4 is 5.78 Å². The Kier molecular flexibility index (Phi) is 5.49. The summed E-state index contributed by atoms with van der Waals surface area (Å²) in [7, 11) is 2.96. The van der Waals surface area contributed by atoms with Gasteiger partial charge in [-0.2, -0.15) is 0 Å². The number of methoxy groups -OCH3 is 2. The first-order chi connectivity index (χ1) is 13.3. The fraction of sp³-hybridized carbons (Fsp3) is 0.318. The molecule has 6 nitrogen and oxygen atoms in total. The maximum absolute atomic E-state index is 13.2. The molecule has 6 heteroatoms. The number of rotatable bonds is 5. The van der Waals surface area contributed by atoms with Crippen LogP contribution in [0.5, 0.6) is 28.7 Å². The molecular formula is C22H24O6. The van der Waals surface area contributed by atoms with E-state index in [1.807, 2.05) is 19.9 Å². The fourth-order valence-corrected chi connectivity index (χ4v) is 3.27. The Labute approximate surface area is 164 Å². The molecular weight excluding hydrogens is 360 g/mol. The van der Waals surface area contributed by atoms with Crippen LogP contribution in [0.15, 0.2) is 35.9 Å². The average molecular weight is 384 g/mol. The van der Waals surface area contributed by atoms with Gasteiger partial charge in [0.25, 0.3) is 0 Å². The van der Waals surface area contributed by atoms with Gasteiger partial charge in [0.15, 0.2) is 5.78 Å². The summed E-state index contributed by atoms with van der Waals surface area (Å²) >= 11 is 0. The van der Waals surface area contributed by atoms with Crippen LogP contribution in [0.4, 0.5) is 0 Å². The predicted octanol–water partition coefficient (Wildman–Crippen LogP) is 3.98. The minimum atomic E-state index is -0.659. The number of ether oxygens (including phenoxy) is 3. The molecule has 0 unspecified atom stereocenters. The number of phenols is 2. The van der Waals surface area contributed by atoms with Gasteiger partial charge in [-0.15, -0.1) is 0 Å². The van der Waals surface area contributed by atoms with E-state index in [4.69, 9.17) is 14.2 Å². The standard InChI is InChI=1S/C22H24O6/c1-12(2)5-6-13-7-15(19(27-4)10-17(13)23)16-11-28-20-9-14(26-3)8-18(24)21(20)22(16)25/h5,7-10,16,23-24H,6,11H2,1-4H3/t16-/m1/s1. The second-order valence-electron chi connectivity index (χ2n) is 6.96. The number of carbonyl (C=O) groups excluding carboxylic acids is 1. The molecule has 1 heterocycles. The summed E-state index contributed by atoms with van der Waals surface area (Å²) in [6, 6.07) is 6.25. The van der Waals surface area contributed by atoms with E-state index in [9.17, 15) is 15.0 Å². The van der Waals surface area contributed by atoms with E-state index in [0.717, 1.165) is 5.57 Å². The molecule has 0 aliphatic carbocycles. The highest BCUT2D eigenvalue weighted by Crippen LogP contribution is 2.43. The first kappa shape index (κ1) is 19.6. The number of allylic oxidation sites excluding steroid dienone is 2. The lowest BCUT2D eigenvalue weighted by molar-refractivity contribution is 0.0889. The lowest BCUT2D eigenvalue weighted by Crippen LogP contribution is -2.26. The Morgan fingerprint density at radius 1 is 1.14 bits per heavy atom. The molecule has 0 saturated heterocycles. The van der Waals surface area contributed by atoms with Gasteiger partial charge in [0.1, 0.15) is 40.9 Å². The SMILES string of the molecule is COc1cc(O)c2c(c1)OC[C@H](c1cc(CC=C(C)C)c(O)cc1OC)C2=O. The van der Waals surface area contributed by atoms with Crippen molar-refractivity contribution < 1.29 is 29.2 Å². The molecule has 1 aliphatic rings. The van der Waals surface area contributed by atoms with Gasteiger partial charge in [-0.05, 0) is 31.9 Å². The maximum Gasteiger partial charge on any atom is 0.181 e.